The summed E-state index contributed by atoms with van der Waals surface area (Å²) in [4.78, 5) is 0. The van der Waals surface area contributed by atoms with E-state index in [1.807, 2.05) is 12.1 Å². The lowest BCUT2D eigenvalue weighted by molar-refractivity contribution is 0.416. The molecule has 102 valence electrons. The number of aromatic nitrogens is 2. The van der Waals surface area contributed by atoms with E-state index in [2.05, 4.69) is 36.2 Å². The molecule has 0 amide bonds. The normalized spacial score (nSPS) is 11.0. The zero-order valence-electron chi connectivity index (χ0n) is 11.7. The Labute approximate surface area is 114 Å². The summed E-state index contributed by atoms with van der Waals surface area (Å²) in [6.07, 6.45) is 0.805. The minimum absolute atomic E-state index is 0.479. The van der Waals surface area contributed by atoms with Gasteiger partial charge in [0.25, 0.3) is 0 Å². The molecular weight excluding hydrogens is 238 g/mol. The molecule has 0 saturated heterocycles. The van der Waals surface area contributed by atoms with Crippen LogP contribution < -0.4 is 10.5 Å². The van der Waals surface area contributed by atoms with E-state index in [1.165, 1.54) is 5.56 Å². The van der Waals surface area contributed by atoms with Gasteiger partial charge in [-0.05, 0) is 36.2 Å². The molecule has 1 heterocycles. The van der Waals surface area contributed by atoms with Crippen LogP contribution in [0.15, 0.2) is 24.3 Å². The van der Waals surface area contributed by atoms with E-state index in [9.17, 15) is 0 Å². The maximum Gasteiger partial charge on any atom is 0.128 e. The fourth-order valence-electron chi connectivity index (χ4n) is 2.07. The van der Waals surface area contributed by atoms with Crippen LogP contribution in [-0.2, 0) is 6.42 Å². The molecule has 0 atom stereocenters. The Morgan fingerprint density at radius 1 is 1.32 bits per heavy atom. The molecule has 0 aliphatic carbocycles. The fourth-order valence-corrected chi connectivity index (χ4v) is 2.07. The lowest BCUT2D eigenvalue weighted by Gasteiger charge is -2.11. The lowest BCUT2D eigenvalue weighted by Crippen LogP contribution is -2.02. The fraction of sp³-hybridized carbons (Fsp3) is 0.400. The van der Waals surface area contributed by atoms with Gasteiger partial charge in [0.05, 0.1) is 12.8 Å². The minimum Gasteiger partial charge on any atom is -0.496 e. The first kappa shape index (κ1) is 13.6. The van der Waals surface area contributed by atoms with Crippen molar-refractivity contribution in [3.8, 4) is 17.0 Å². The predicted molar refractivity (Wildman–Crippen MR) is 77.4 cm³/mol. The molecule has 0 saturated carbocycles. The molecule has 3 N–H and O–H groups in total. The summed E-state index contributed by atoms with van der Waals surface area (Å²) in [7, 11) is 1.68. The van der Waals surface area contributed by atoms with Gasteiger partial charge in [0.1, 0.15) is 5.75 Å². The molecule has 0 spiro atoms. The number of methoxy groups -OCH3 is 1. The molecule has 2 rings (SSSR count). The largest absolute Gasteiger partial charge is 0.496 e. The van der Waals surface area contributed by atoms with E-state index in [4.69, 9.17) is 10.5 Å². The smallest absolute Gasteiger partial charge is 0.128 e. The average Bonchev–Trinajstić information content (AvgIpc) is 2.87. The van der Waals surface area contributed by atoms with Crippen molar-refractivity contribution in [1.29, 1.82) is 0 Å². The van der Waals surface area contributed by atoms with E-state index < -0.39 is 0 Å². The van der Waals surface area contributed by atoms with Crippen LogP contribution in [0.5, 0.6) is 5.75 Å². The van der Waals surface area contributed by atoms with Gasteiger partial charge in [0.2, 0.25) is 0 Å². The summed E-state index contributed by atoms with van der Waals surface area (Å²) in [5, 5.41) is 7.37. The van der Waals surface area contributed by atoms with Crippen molar-refractivity contribution in [2.24, 2.45) is 5.73 Å². The first-order valence-electron chi connectivity index (χ1n) is 6.58. The molecule has 0 unspecified atom stereocenters. The maximum atomic E-state index is 5.56. The third kappa shape index (κ3) is 2.96. The van der Waals surface area contributed by atoms with E-state index >= 15 is 0 Å². The van der Waals surface area contributed by atoms with Gasteiger partial charge in [-0.25, -0.2) is 0 Å². The molecular formula is C15H21N3O. The number of nitrogens with two attached hydrogens (primary N) is 1. The zero-order chi connectivity index (χ0) is 13.8. The van der Waals surface area contributed by atoms with Crippen molar-refractivity contribution in [1.82, 2.24) is 10.2 Å². The van der Waals surface area contributed by atoms with Gasteiger partial charge >= 0.3 is 0 Å². The van der Waals surface area contributed by atoms with Crippen molar-refractivity contribution in [2.75, 3.05) is 13.7 Å². The van der Waals surface area contributed by atoms with Gasteiger partial charge < -0.3 is 10.5 Å². The molecule has 0 aliphatic heterocycles. The summed E-state index contributed by atoms with van der Waals surface area (Å²) < 4.78 is 5.43. The summed E-state index contributed by atoms with van der Waals surface area (Å²) in [5.41, 5.74) is 9.81. The monoisotopic (exact) mass is 259 g/mol. The Balaban J connectivity index is 2.42. The molecule has 4 nitrogen and oxygen atoms in total. The zero-order valence-corrected chi connectivity index (χ0v) is 11.7. The van der Waals surface area contributed by atoms with Crippen LogP contribution in [0.25, 0.3) is 11.3 Å². The third-order valence-electron chi connectivity index (χ3n) is 3.21. The number of H-pyrrole nitrogens is 1. The van der Waals surface area contributed by atoms with Crippen LogP contribution in [0, 0.1) is 0 Å². The Hall–Kier alpha value is -1.81. The van der Waals surface area contributed by atoms with E-state index in [1.54, 1.807) is 7.11 Å². The van der Waals surface area contributed by atoms with Gasteiger partial charge in [-0.15, -0.1) is 0 Å². The number of hydrogen-bond donors (Lipinski definition) is 2. The van der Waals surface area contributed by atoms with E-state index in [0.29, 0.717) is 12.5 Å². The second-order valence-corrected chi connectivity index (χ2v) is 4.93. The quantitative estimate of drug-likeness (QED) is 0.867. The molecule has 0 fully saturated rings. The molecule has 1 aromatic heterocycles. The summed E-state index contributed by atoms with van der Waals surface area (Å²) >= 11 is 0. The number of rotatable bonds is 5. The van der Waals surface area contributed by atoms with Crippen molar-refractivity contribution < 1.29 is 4.74 Å². The first-order chi connectivity index (χ1) is 9.15. The van der Waals surface area contributed by atoms with Gasteiger partial charge in [0.15, 0.2) is 0 Å². The Morgan fingerprint density at radius 3 is 2.74 bits per heavy atom. The number of aromatic amines is 1. The topological polar surface area (TPSA) is 63.9 Å². The highest BCUT2D eigenvalue weighted by molar-refractivity contribution is 5.68. The number of nitrogens with zero attached hydrogens (tertiary/aromatic N) is 1. The van der Waals surface area contributed by atoms with Crippen LogP contribution in [0.3, 0.4) is 0 Å². The van der Waals surface area contributed by atoms with Crippen LogP contribution in [0.2, 0.25) is 0 Å². The first-order valence-corrected chi connectivity index (χ1v) is 6.58. The standard InChI is InChI=1S/C15H21N3O/c1-10(2)11-4-5-15(19-3)13(8-11)14-9-12(6-7-16)17-18-14/h4-5,8-10H,6-7,16H2,1-3H3,(H,17,18). The summed E-state index contributed by atoms with van der Waals surface area (Å²) in [6.45, 7) is 4.97. The number of benzene rings is 1. The average molecular weight is 259 g/mol. The number of hydrogen-bond acceptors (Lipinski definition) is 3. The van der Waals surface area contributed by atoms with Crippen molar-refractivity contribution in [2.45, 2.75) is 26.2 Å². The molecule has 4 heteroatoms. The van der Waals surface area contributed by atoms with E-state index in [-0.39, 0.29) is 0 Å². The molecule has 0 bridgehead atoms. The Kier molecular flexibility index (Phi) is 4.22. The SMILES string of the molecule is COc1ccc(C(C)C)cc1-c1cc(CCN)[nH]n1. The third-order valence-corrected chi connectivity index (χ3v) is 3.21. The highest BCUT2D eigenvalue weighted by Crippen LogP contribution is 2.32. The van der Waals surface area contributed by atoms with E-state index in [0.717, 1.165) is 29.1 Å². The second kappa shape index (κ2) is 5.89. The number of nitrogens with one attached hydrogen (secondary N) is 1. The van der Waals surface area contributed by atoms with Crippen LogP contribution >= 0.6 is 0 Å². The highest BCUT2D eigenvalue weighted by atomic mass is 16.5. The van der Waals surface area contributed by atoms with Gasteiger partial charge in [0, 0.05) is 17.7 Å². The van der Waals surface area contributed by atoms with Gasteiger partial charge in [-0.2, -0.15) is 5.10 Å². The molecule has 0 radical (unpaired) electrons. The minimum atomic E-state index is 0.479. The molecule has 0 aliphatic rings. The van der Waals surface area contributed by atoms with Crippen molar-refractivity contribution >= 4 is 0 Å². The Morgan fingerprint density at radius 2 is 2.11 bits per heavy atom. The lowest BCUT2D eigenvalue weighted by atomic mass is 9.99. The van der Waals surface area contributed by atoms with Crippen molar-refractivity contribution in [3.63, 3.8) is 0 Å². The molecule has 2 aromatic rings. The van der Waals surface area contributed by atoms with Crippen LogP contribution in [-0.4, -0.2) is 23.9 Å². The van der Waals surface area contributed by atoms with Gasteiger partial charge in [-0.1, -0.05) is 19.9 Å². The summed E-state index contributed by atoms with van der Waals surface area (Å²) in [6, 6.07) is 8.28. The van der Waals surface area contributed by atoms with Crippen LogP contribution in [0.4, 0.5) is 0 Å². The Bertz CT molecular complexity index is 546. The predicted octanol–water partition coefficient (Wildman–Crippen LogP) is 2.71. The molecule has 19 heavy (non-hydrogen) atoms. The molecule has 1 aromatic carbocycles. The van der Waals surface area contributed by atoms with Crippen molar-refractivity contribution in [3.05, 3.63) is 35.5 Å². The van der Waals surface area contributed by atoms with Crippen LogP contribution in [0.1, 0.15) is 31.0 Å². The highest BCUT2D eigenvalue weighted by Gasteiger charge is 2.12. The summed E-state index contributed by atoms with van der Waals surface area (Å²) in [5.74, 6) is 1.32. The number of ether oxygens (including phenoxy) is 1. The second-order valence-electron chi connectivity index (χ2n) is 4.93. The maximum absolute atomic E-state index is 5.56. The van der Waals surface area contributed by atoms with Gasteiger partial charge in [-0.3, -0.25) is 5.10 Å².